The summed E-state index contributed by atoms with van der Waals surface area (Å²) in [5, 5.41) is 4.98. The Hall–Kier alpha value is -2.97. The van der Waals surface area contributed by atoms with Crippen molar-refractivity contribution in [1.29, 1.82) is 0 Å². The summed E-state index contributed by atoms with van der Waals surface area (Å²) >= 11 is 9.10. The molecule has 2 N–H and O–H groups in total. The van der Waals surface area contributed by atoms with Gasteiger partial charge in [-0.05, 0) is 64.5 Å². The number of anilines is 1. The molecule has 0 bridgehead atoms. The van der Waals surface area contributed by atoms with E-state index in [2.05, 4.69) is 26.7 Å². The molecule has 1 aromatic heterocycles. The first-order chi connectivity index (χ1) is 14.0. The van der Waals surface area contributed by atoms with Gasteiger partial charge in [-0.2, -0.15) is 0 Å². The van der Waals surface area contributed by atoms with Crippen LogP contribution in [0.3, 0.4) is 0 Å². The molecule has 3 aromatic rings. The quantitative estimate of drug-likeness (QED) is 0.571. The molecule has 1 aliphatic rings. The monoisotopic (exact) mass is 475 g/mol. The SMILES string of the molecule is O=C(COc1ccc(Cl)cc1)NN1C(=O)c2ccccc2NC1c1ccc(Br)o1. The number of carbonyl (C=O) groups excluding carboxylic acids is 2. The van der Waals surface area contributed by atoms with Gasteiger partial charge in [-0.3, -0.25) is 15.0 Å². The number of hydrazine groups is 1. The number of fused-ring (bicyclic) bond motifs is 1. The van der Waals surface area contributed by atoms with Gasteiger partial charge in [-0.15, -0.1) is 0 Å². The number of benzene rings is 2. The van der Waals surface area contributed by atoms with Crippen LogP contribution in [0.4, 0.5) is 5.69 Å². The normalized spacial score (nSPS) is 15.4. The van der Waals surface area contributed by atoms with Crippen LogP contribution in [-0.2, 0) is 4.79 Å². The average Bonchev–Trinajstić information content (AvgIpc) is 3.16. The standard InChI is InChI=1S/C20H15BrClN3O4/c21-17-10-9-16(29-17)19-23-15-4-2-1-3-14(15)20(27)25(19)24-18(26)11-28-13-7-5-12(22)6-8-13/h1-10,19,23H,11H2,(H,24,26). The lowest BCUT2D eigenvalue weighted by atomic mass is 10.1. The smallest absolute Gasteiger partial charge is 0.276 e. The summed E-state index contributed by atoms with van der Waals surface area (Å²) in [7, 11) is 0. The van der Waals surface area contributed by atoms with Crippen LogP contribution in [-0.4, -0.2) is 23.4 Å². The molecule has 0 radical (unpaired) electrons. The van der Waals surface area contributed by atoms with Crippen LogP contribution < -0.4 is 15.5 Å². The maximum Gasteiger partial charge on any atom is 0.276 e. The van der Waals surface area contributed by atoms with E-state index in [-0.39, 0.29) is 12.5 Å². The molecule has 0 spiro atoms. The molecule has 7 nitrogen and oxygen atoms in total. The maximum atomic E-state index is 13.0. The Bertz CT molecular complexity index is 1050. The zero-order valence-corrected chi connectivity index (χ0v) is 17.2. The fourth-order valence-corrected chi connectivity index (χ4v) is 3.33. The third-order valence-electron chi connectivity index (χ3n) is 4.22. The number of nitrogens with zero attached hydrogens (tertiary/aromatic N) is 1. The largest absolute Gasteiger partial charge is 0.484 e. The molecular weight excluding hydrogens is 462 g/mol. The molecule has 1 aliphatic heterocycles. The number of para-hydroxylation sites is 1. The highest BCUT2D eigenvalue weighted by Crippen LogP contribution is 2.33. The van der Waals surface area contributed by atoms with E-state index in [1.54, 1.807) is 54.6 Å². The molecule has 1 atom stereocenters. The third kappa shape index (κ3) is 4.23. The summed E-state index contributed by atoms with van der Waals surface area (Å²) in [6.07, 6.45) is -0.719. The molecule has 148 valence electrons. The van der Waals surface area contributed by atoms with E-state index in [9.17, 15) is 9.59 Å². The lowest BCUT2D eigenvalue weighted by Crippen LogP contribution is -2.53. The highest BCUT2D eigenvalue weighted by atomic mass is 79.9. The van der Waals surface area contributed by atoms with Crippen LogP contribution in [0.5, 0.6) is 5.75 Å². The van der Waals surface area contributed by atoms with Gasteiger partial charge in [-0.1, -0.05) is 23.7 Å². The van der Waals surface area contributed by atoms with Crippen molar-refractivity contribution in [2.45, 2.75) is 6.17 Å². The number of rotatable bonds is 5. The highest BCUT2D eigenvalue weighted by molar-refractivity contribution is 9.10. The molecule has 2 aromatic carbocycles. The van der Waals surface area contributed by atoms with Crippen molar-refractivity contribution < 1.29 is 18.7 Å². The fourth-order valence-electron chi connectivity index (χ4n) is 2.89. The van der Waals surface area contributed by atoms with Crippen molar-refractivity contribution in [2.24, 2.45) is 0 Å². The summed E-state index contributed by atoms with van der Waals surface area (Å²) in [5.41, 5.74) is 3.69. The van der Waals surface area contributed by atoms with E-state index in [1.807, 2.05) is 6.07 Å². The van der Waals surface area contributed by atoms with Gasteiger partial charge >= 0.3 is 0 Å². The third-order valence-corrected chi connectivity index (χ3v) is 4.90. The first-order valence-corrected chi connectivity index (χ1v) is 9.80. The summed E-state index contributed by atoms with van der Waals surface area (Å²) in [4.78, 5) is 25.5. The number of nitrogens with one attached hydrogen (secondary N) is 2. The molecule has 4 rings (SSSR count). The Kier molecular flexibility index (Phi) is 5.46. The van der Waals surface area contributed by atoms with E-state index >= 15 is 0 Å². The van der Waals surface area contributed by atoms with Gasteiger partial charge in [0.2, 0.25) is 0 Å². The molecule has 29 heavy (non-hydrogen) atoms. The van der Waals surface area contributed by atoms with Gasteiger partial charge in [0, 0.05) is 10.7 Å². The molecule has 9 heteroatoms. The summed E-state index contributed by atoms with van der Waals surface area (Å²) in [6.45, 7) is -0.276. The fraction of sp³-hybridized carbons (Fsp3) is 0.100. The molecule has 1 unspecified atom stereocenters. The van der Waals surface area contributed by atoms with Crippen LogP contribution in [0.25, 0.3) is 0 Å². The van der Waals surface area contributed by atoms with Gasteiger partial charge in [-0.25, -0.2) is 5.01 Å². The minimum Gasteiger partial charge on any atom is -0.484 e. The Morgan fingerprint density at radius 1 is 1.17 bits per heavy atom. The molecule has 0 saturated heterocycles. The molecule has 2 heterocycles. The zero-order valence-electron chi connectivity index (χ0n) is 14.9. The second kappa shape index (κ2) is 8.18. The Morgan fingerprint density at radius 3 is 2.66 bits per heavy atom. The number of ether oxygens (including phenoxy) is 1. The van der Waals surface area contributed by atoms with Gasteiger partial charge in [0.25, 0.3) is 11.8 Å². The maximum absolute atomic E-state index is 13.0. The van der Waals surface area contributed by atoms with E-state index in [0.717, 1.165) is 0 Å². The van der Waals surface area contributed by atoms with Crippen molar-refractivity contribution >= 4 is 45.0 Å². The average molecular weight is 477 g/mol. The minimum absolute atomic E-state index is 0.276. The summed E-state index contributed by atoms with van der Waals surface area (Å²) < 4.78 is 11.6. The summed E-state index contributed by atoms with van der Waals surface area (Å²) in [5.74, 6) is 0.0879. The molecule has 0 saturated carbocycles. The van der Waals surface area contributed by atoms with Crippen molar-refractivity contribution in [3.05, 3.63) is 81.7 Å². The van der Waals surface area contributed by atoms with Crippen molar-refractivity contribution in [1.82, 2.24) is 10.4 Å². The number of hydrogen-bond acceptors (Lipinski definition) is 5. The van der Waals surface area contributed by atoms with Crippen molar-refractivity contribution in [3.63, 3.8) is 0 Å². The number of carbonyl (C=O) groups is 2. The van der Waals surface area contributed by atoms with Gasteiger partial charge in [0.05, 0.1) is 5.56 Å². The number of amides is 2. The Balaban J connectivity index is 1.53. The highest BCUT2D eigenvalue weighted by Gasteiger charge is 2.36. The number of furan rings is 1. The van der Waals surface area contributed by atoms with Crippen LogP contribution in [0, 0.1) is 0 Å². The molecule has 0 aliphatic carbocycles. The molecular formula is C20H15BrClN3O4. The lowest BCUT2D eigenvalue weighted by Gasteiger charge is -2.36. The van der Waals surface area contributed by atoms with E-state index < -0.39 is 12.1 Å². The van der Waals surface area contributed by atoms with Gasteiger partial charge in [0.15, 0.2) is 17.4 Å². The van der Waals surface area contributed by atoms with Crippen LogP contribution in [0.2, 0.25) is 5.02 Å². The summed E-state index contributed by atoms with van der Waals surface area (Å²) in [6, 6.07) is 17.1. The topological polar surface area (TPSA) is 83.8 Å². The second-order valence-corrected chi connectivity index (χ2v) is 7.41. The predicted molar refractivity (Wildman–Crippen MR) is 110 cm³/mol. The Morgan fingerprint density at radius 2 is 1.93 bits per heavy atom. The van der Waals surface area contributed by atoms with Crippen LogP contribution in [0.15, 0.2) is 69.8 Å². The van der Waals surface area contributed by atoms with E-state index in [4.69, 9.17) is 20.8 Å². The predicted octanol–water partition coefficient (Wildman–Crippen LogP) is 4.37. The first kappa shape index (κ1) is 19.4. The molecule has 0 fully saturated rings. The van der Waals surface area contributed by atoms with Crippen molar-refractivity contribution in [3.8, 4) is 5.75 Å². The van der Waals surface area contributed by atoms with Crippen molar-refractivity contribution in [2.75, 3.05) is 11.9 Å². The van der Waals surface area contributed by atoms with E-state index in [1.165, 1.54) is 5.01 Å². The first-order valence-electron chi connectivity index (χ1n) is 8.63. The molecule has 2 amide bonds. The van der Waals surface area contributed by atoms with Gasteiger partial charge < -0.3 is 14.5 Å². The minimum atomic E-state index is -0.719. The van der Waals surface area contributed by atoms with Crippen LogP contribution in [0.1, 0.15) is 22.3 Å². The number of halogens is 2. The lowest BCUT2D eigenvalue weighted by molar-refractivity contribution is -0.127. The zero-order chi connectivity index (χ0) is 20.4. The number of hydrogen-bond donors (Lipinski definition) is 2. The Labute approximate surface area is 179 Å². The second-order valence-electron chi connectivity index (χ2n) is 6.19. The van der Waals surface area contributed by atoms with E-state index in [0.29, 0.717) is 32.5 Å². The van der Waals surface area contributed by atoms with Crippen LogP contribution >= 0.6 is 27.5 Å². The van der Waals surface area contributed by atoms with Gasteiger partial charge in [0.1, 0.15) is 11.5 Å².